The Bertz CT molecular complexity index is 439. The maximum Gasteiger partial charge on any atom is 0.257 e. The van der Waals surface area contributed by atoms with Gasteiger partial charge < -0.3 is 10.0 Å². The Morgan fingerprint density at radius 1 is 1.53 bits per heavy atom. The van der Waals surface area contributed by atoms with Crippen molar-refractivity contribution in [1.29, 1.82) is 0 Å². The average Bonchev–Trinajstić information content (AvgIpc) is 2.31. The fourth-order valence-corrected chi connectivity index (χ4v) is 2.28. The molecule has 5 heteroatoms. The van der Waals surface area contributed by atoms with Gasteiger partial charge >= 0.3 is 0 Å². The number of hydrogen-bond donors (Lipinski definition) is 1. The number of hydrogen-bond acceptors (Lipinski definition) is 2. The van der Waals surface area contributed by atoms with Crippen LogP contribution in [0.25, 0.3) is 0 Å². The third-order valence-electron chi connectivity index (χ3n) is 2.84. The molecule has 1 amide bonds. The Morgan fingerprint density at radius 3 is 3.00 bits per heavy atom. The molecule has 1 aromatic carbocycles. The van der Waals surface area contributed by atoms with Gasteiger partial charge in [0.25, 0.3) is 5.91 Å². The minimum atomic E-state index is -0.536. The number of phenolic OH excluding ortho intramolecular Hbond substituents is 1. The third-order valence-corrected chi connectivity index (χ3v) is 3.20. The van der Waals surface area contributed by atoms with Crippen LogP contribution in [0.15, 0.2) is 18.2 Å². The van der Waals surface area contributed by atoms with E-state index in [1.54, 1.807) is 4.90 Å². The topological polar surface area (TPSA) is 40.5 Å². The molecule has 0 bridgehead atoms. The maximum atomic E-state index is 13.0. The van der Waals surface area contributed by atoms with Crippen molar-refractivity contribution >= 4 is 17.5 Å². The lowest BCUT2D eigenvalue weighted by molar-refractivity contribution is 0.0723. The van der Waals surface area contributed by atoms with Gasteiger partial charge in [-0.25, -0.2) is 4.39 Å². The van der Waals surface area contributed by atoms with Crippen LogP contribution in [0.1, 0.15) is 23.2 Å². The highest BCUT2D eigenvalue weighted by atomic mass is 35.5. The molecule has 0 saturated carbocycles. The van der Waals surface area contributed by atoms with Crippen molar-refractivity contribution in [3.8, 4) is 5.75 Å². The van der Waals surface area contributed by atoms with Crippen molar-refractivity contribution in [2.45, 2.75) is 18.2 Å². The van der Waals surface area contributed by atoms with Gasteiger partial charge in [-0.15, -0.1) is 11.6 Å². The number of phenols is 1. The average molecular weight is 258 g/mol. The molecule has 1 N–H and O–H groups in total. The number of rotatable bonds is 1. The number of carbonyl (C=O) groups excluding carboxylic acids is 1. The zero-order valence-electron chi connectivity index (χ0n) is 9.20. The fraction of sp³-hybridized carbons (Fsp3) is 0.417. The van der Waals surface area contributed by atoms with Crippen molar-refractivity contribution in [1.82, 2.24) is 4.90 Å². The van der Waals surface area contributed by atoms with Crippen molar-refractivity contribution in [2.24, 2.45) is 0 Å². The first kappa shape index (κ1) is 12.2. The van der Waals surface area contributed by atoms with E-state index in [1.165, 1.54) is 6.07 Å². The maximum absolute atomic E-state index is 13.0. The first-order chi connectivity index (χ1) is 8.08. The van der Waals surface area contributed by atoms with Gasteiger partial charge in [-0.3, -0.25) is 4.79 Å². The largest absolute Gasteiger partial charge is 0.507 e. The van der Waals surface area contributed by atoms with E-state index in [9.17, 15) is 14.3 Å². The van der Waals surface area contributed by atoms with Crippen molar-refractivity contribution in [3.05, 3.63) is 29.6 Å². The number of likely N-dealkylation sites (tertiary alicyclic amines) is 1. The lowest BCUT2D eigenvalue weighted by atomic mass is 10.1. The van der Waals surface area contributed by atoms with Crippen LogP contribution in [0.2, 0.25) is 0 Å². The molecule has 92 valence electrons. The SMILES string of the molecule is O=C(c1cc(F)ccc1O)N1CCCC(Cl)C1. The van der Waals surface area contributed by atoms with Crippen LogP contribution in [0.3, 0.4) is 0 Å². The number of benzene rings is 1. The third kappa shape index (κ3) is 2.69. The Balaban J connectivity index is 2.21. The van der Waals surface area contributed by atoms with E-state index in [-0.39, 0.29) is 22.6 Å². The predicted octanol–water partition coefficient (Wildman–Crippen LogP) is 2.37. The summed E-state index contributed by atoms with van der Waals surface area (Å²) in [6.45, 7) is 1.04. The summed E-state index contributed by atoms with van der Waals surface area (Å²) >= 11 is 5.98. The number of amides is 1. The summed E-state index contributed by atoms with van der Waals surface area (Å²) in [5.41, 5.74) is -0.00392. The molecule has 1 atom stereocenters. The number of aromatic hydroxyl groups is 1. The van der Waals surface area contributed by atoms with Crippen LogP contribution < -0.4 is 0 Å². The molecule has 1 aliphatic heterocycles. The Morgan fingerprint density at radius 2 is 2.29 bits per heavy atom. The number of nitrogens with zero attached hydrogens (tertiary/aromatic N) is 1. The summed E-state index contributed by atoms with van der Waals surface area (Å²) in [5, 5.41) is 9.49. The Kier molecular flexibility index (Phi) is 3.52. The molecular formula is C12H13ClFNO2. The van der Waals surface area contributed by atoms with Crippen LogP contribution >= 0.6 is 11.6 Å². The van der Waals surface area contributed by atoms with Crippen LogP contribution in [0, 0.1) is 5.82 Å². The second kappa shape index (κ2) is 4.92. The Labute approximate surface area is 104 Å². The number of piperidine rings is 1. The number of alkyl halides is 1. The van der Waals surface area contributed by atoms with Crippen LogP contribution in [0.4, 0.5) is 4.39 Å². The van der Waals surface area contributed by atoms with Gasteiger partial charge in [0.1, 0.15) is 11.6 Å². The van der Waals surface area contributed by atoms with E-state index in [4.69, 9.17) is 11.6 Å². The molecule has 1 saturated heterocycles. The molecule has 0 radical (unpaired) electrons. The fourth-order valence-electron chi connectivity index (χ4n) is 1.96. The molecule has 3 nitrogen and oxygen atoms in total. The standard InChI is InChI=1S/C12H13ClFNO2/c13-8-2-1-5-15(7-8)12(17)10-6-9(14)3-4-11(10)16/h3-4,6,8,16H,1-2,5,7H2. The summed E-state index contributed by atoms with van der Waals surface area (Å²) in [6.07, 6.45) is 1.70. The molecule has 1 fully saturated rings. The molecule has 1 aliphatic rings. The van der Waals surface area contributed by atoms with Gasteiger partial charge in [0.15, 0.2) is 0 Å². The normalized spacial score (nSPS) is 20.4. The summed E-state index contributed by atoms with van der Waals surface area (Å²) in [4.78, 5) is 13.6. The van der Waals surface area contributed by atoms with Gasteiger partial charge in [-0.1, -0.05) is 0 Å². The van der Waals surface area contributed by atoms with Crippen molar-refractivity contribution in [2.75, 3.05) is 13.1 Å². The second-order valence-electron chi connectivity index (χ2n) is 4.15. The van der Waals surface area contributed by atoms with E-state index in [0.717, 1.165) is 25.0 Å². The zero-order chi connectivity index (χ0) is 12.4. The lowest BCUT2D eigenvalue weighted by Crippen LogP contribution is -2.40. The van der Waals surface area contributed by atoms with Crippen LogP contribution in [-0.4, -0.2) is 34.4 Å². The molecule has 1 aromatic rings. The van der Waals surface area contributed by atoms with E-state index in [2.05, 4.69) is 0 Å². The number of halogens is 2. The molecule has 1 unspecified atom stereocenters. The smallest absolute Gasteiger partial charge is 0.257 e. The van der Waals surface area contributed by atoms with Crippen molar-refractivity contribution in [3.63, 3.8) is 0 Å². The summed E-state index contributed by atoms with van der Waals surface area (Å²) in [6, 6.07) is 3.35. The monoisotopic (exact) mass is 257 g/mol. The number of carbonyl (C=O) groups is 1. The van der Waals surface area contributed by atoms with E-state index >= 15 is 0 Å². The first-order valence-electron chi connectivity index (χ1n) is 5.50. The summed E-state index contributed by atoms with van der Waals surface area (Å²) < 4.78 is 13.0. The van der Waals surface area contributed by atoms with E-state index in [0.29, 0.717) is 13.1 Å². The van der Waals surface area contributed by atoms with Gasteiger partial charge in [0.05, 0.1) is 10.9 Å². The van der Waals surface area contributed by atoms with Crippen molar-refractivity contribution < 1.29 is 14.3 Å². The second-order valence-corrected chi connectivity index (χ2v) is 4.77. The Hall–Kier alpha value is -1.29. The lowest BCUT2D eigenvalue weighted by Gasteiger charge is -2.30. The molecule has 17 heavy (non-hydrogen) atoms. The molecule has 2 rings (SSSR count). The minimum Gasteiger partial charge on any atom is -0.507 e. The van der Waals surface area contributed by atoms with Gasteiger partial charge in [-0.05, 0) is 31.0 Å². The zero-order valence-corrected chi connectivity index (χ0v) is 9.95. The highest BCUT2D eigenvalue weighted by Crippen LogP contribution is 2.23. The van der Waals surface area contributed by atoms with E-state index in [1.807, 2.05) is 0 Å². The first-order valence-corrected chi connectivity index (χ1v) is 5.93. The summed E-state index contributed by atoms with van der Waals surface area (Å²) in [5.74, 6) is -1.11. The van der Waals surface area contributed by atoms with E-state index < -0.39 is 5.82 Å². The molecule has 0 aromatic heterocycles. The minimum absolute atomic E-state index is 0.00392. The molecule has 0 spiro atoms. The molecular weight excluding hydrogens is 245 g/mol. The van der Waals surface area contributed by atoms with Crippen LogP contribution in [-0.2, 0) is 0 Å². The highest BCUT2D eigenvalue weighted by Gasteiger charge is 2.25. The van der Waals surface area contributed by atoms with Gasteiger partial charge in [-0.2, -0.15) is 0 Å². The molecule has 1 heterocycles. The quantitative estimate of drug-likeness (QED) is 0.785. The van der Waals surface area contributed by atoms with Crippen LogP contribution in [0.5, 0.6) is 5.75 Å². The highest BCUT2D eigenvalue weighted by molar-refractivity contribution is 6.21. The summed E-state index contributed by atoms with van der Waals surface area (Å²) in [7, 11) is 0. The van der Waals surface area contributed by atoms with Gasteiger partial charge in [0.2, 0.25) is 0 Å². The predicted molar refractivity (Wildman–Crippen MR) is 62.8 cm³/mol. The van der Waals surface area contributed by atoms with Gasteiger partial charge in [0, 0.05) is 13.1 Å². The molecule has 0 aliphatic carbocycles.